The smallest absolute Gasteiger partial charge is 0.253 e. The Morgan fingerprint density at radius 1 is 1.15 bits per heavy atom. The summed E-state index contributed by atoms with van der Waals surface area (Å²) in [4.78, 5) is 26.1. The molecular weight excluding hydrogens is 366 g/mol. The van der Waals surface area contributed by atoms with Gasteiger partial charge in [-0.05, 0) is 30.7 Å². The van der Waals surface area contributed by atoms with Crippen LogP contribution in [-0.2, 0) is 4.79 Å². The highest BCUT2D eigenvalue weighted by Gasteiger charge is 2.16. The Morgan fingerprint density at radius 2 is 1.81 bits per heavy atom. The van der Waals surface area contributed by atoms with Crippen LogP contribution in [0.4, 0.5) is 5.69 Å². The van der Waals surface area contributed by atoms with E-state index in [-0.39, 0.29) is 30.6 Å². The SMILES string of the molecule is CCOc1ccc(C(=O)N(C)C)cc1NC(=O)CC(N)c1ccccc1.Cl. The predicted molar refractivity (Wildman–Crippen MR) is 109 cm³/mol. The molecule has 27 heavy (non-hydrogen) atoms. The van der Waals surface area contributed by atoms with Crippen LogP contribution in [-0.4, -0.2) is 37.4 Å². The zero-order chi connectivity index (χ0) is 19.1. The molecule has 7 heteroatoms. The normalized spacial score (nSPS) is 11.1. The van der Waals surface area contributed by atoms with Gasteiger partial charge in [-0.15, -0.1) is 12.4 Å². The maximum absolute atomic E-state index is 12.4. The first-order valence-corrected chi connectivity index (χ1v) is 8.51. The van der Waals surface area contributed by atoms with Gasteiger partial charge in [-0.2, -0.15) is 0 Å². The average Bonchev–Trinajstić information content (AvgIpc) is 2.63. The van der Waals surface area contributed by atoms with Gasteiger partial charge in [0.05, 0.1) is 12.3 Å². The number of ether oxygens (including phenoxy) is 1. The lowest BCUT2D eigenvalue weighted by Gasteiger charge is -2.16. The van der Waals surface area contributed by atoms with Gasteiger partial charge in [-0.3, -0.25) is 9.59 Å². The van der Waals surface area contributed by atoms with Crippen LogP contribution >= 0.6 is 12.4 Å². The predicted octanol–water partition coefficient (Wildman–Crippen LogP) is 3.24. The van der Waals surface area contributed by atoms with Crippen molar-refractivity contribution in [3.8, 4) is 5.75 Å². The van der Waals surface area contributed by atoms with Crippen molar-refractivity contribution in [1.82, 2.24) is 4.90 Å². The molecule has 3 N–H and O–H groups in total. The first-order valence-electron chi connectivity index (χ1n) is 8.51. The molecule has 0 saturated carbocycles. The van der Waals surface area contributed by atoms with Crippen molar-refractivity contribution in [3.63, 3.8) is 0 Å². The Kier molecular flexibility index (Phi) is 8.78. The van der Waals surface area contributed by atoms with Crippen LogP contribution in [0.15, 0.2) is 48.5 Å². The molecule has 146 valence electrons. The van der Waals surface area contributed by atoms with Gasteiger partial charge in [0.15, 0.2) is 0 Å². The van der Waals surface area contributed by atoms with E-state index in [0.717, 1.165) is 5.56 Å². The highest BCUT2D eigenvalue weighted by molar-refractivity contribution is 5.98. The molecular formula is C20H26ClN3O3. The Balaban J connectivity index is 0.00000364. The number of carbonyl (C=O) groups excluding carboxylic acids is 2. The molecule has 2 aromatic carbocycles. The minimum atomic E-state index is -0.404. The number of amides is 2. The van der Waals surface area contributed by atoms with Gasteiger partial charge >= 0.3 is 0 Å². The van der Waals surface area contributed by atoms with E-state index in [2.05, 4.69) is 5.32 Å². The van der Waals surface area contributed by atoms with Gasteiger partial charge in [0, 0.05) is 32.1 Å². The molecule has 0 aromatic heterocycles. The number of nitrogens with one attached hydrogen (secondary N) is 1. The molecule has 0 fully saturated rings. The van der Waals surface area contributed by atoms with Crippen LogP contribution in [0.25, 0.3) is 0 Å². The minimum Gasteiger partial charge on any atom is -0.492 e. The Labute approximate surface area is 166 Å². The Bertz CT molecular complexity index is 766. The molecule has 0 aliphatic heterocycles. The average molecular weight is 392 g/mol. The molecule has 0 saturated heterocycles. The number of benzene rings is 2. The maximum Gasteiger partial charge on any atom is 0.253 e. The second-order valence-corrected chi connectivity index (χ2v) is 6.11. The highest BCUT2D eigenvalue weighted by Crippen LogP contribution is 2.27. The molecule has 1 unspecified atom stereocenters. The van der Waals surface area contributed by atoms with E-state index >= 15 is 0 Å². The molecule has 0 bridgehead atoms. The molecule has 6 nitrogen and oxygen atoms in total. The van der Waals surface area contributed by atoms with Gasteiger partial charge < -0.3 is 20.7 Å². The number of nitrogens with zero attached hydrogens (tertiary/aromatic N) is 1. The maximum atomic E-state index is 12.4. The van der Waals surface area contributed by atoms with Gasteiger partial charge in [0.1, 0.15) is 5.75 Å². The second kappa shape index (κ2) is 10.5. The van der Waals surface area contributed by atoms with E-state index in [0.29, 0.717) is 23.6 Å². The molecule has 0 aliphatic carbocycles. The van der Waals surface area contributed by atoms with Gasteiger partial charge in [0.2, 0.25) is 5.91 Å². The number of rotatable bonds is 7. The third kappa shape index (κ3) is 6.27. The van der Waals surface area contributed by atoms with Crippen molar-refractivity contribution in [3.05, 3.63) is 59.7 Å². The number of hydrogen-bond donors (Lipinski definition) is 2. The van der Waals surface area contributed by atoms with Crippen LogP contribution in [0.2, 0.25) is 0 Å². The van der Waals surface area contributed by atoms with Crippen molar-refractivity contribution in [2.75, 3.05) is 26.0 Å². The van der Waals surface area contributed by atoms with Gasteiger partial charge in [0.25, 0.3) is 5.91 Å². The highest BCUT2D eigenvalue weighted by atomic mass is 35.5. The summed E-state index contributed by atoms with van der Waals surface area (Å²) in [6, 6.07) is 14.0. The van der Waals surface area contributed by atoms with Crippen LogP contribution in [0, 0.1) is 0 Å². The Morgan fingerprint density at radius 3 is 2.41 bits per heavy atom. The fourth-order valence-electron chi connectivity index (χ4n) is 2.52. The quantitative estimate of drug-likeness (QED) is 0.758. The summed E-state index contributed by atoms with van der Waals surface area (Å²) in [7, 11) is 3.35. The van der Waals surface area contributed by atoms with E-state index in [1.807, 2.05) is 37.3 Å². The first kappa shape index (κ1) is 22.5. The van der Waals surface area contributed by atoms with E-state index in [1.165, 1.54) is 4.90 Å². The molecule has 0 radical (unpaired) electrons. The van der Waals surface area contributed by atoms with E-state index in [9.17, 15) is 9.59 Å². The molecule has 0 spiro atoms. The van der Waals surface area contributed by atoms with Crippen LogP contribution < -0.4 is 15.8 Å². The molecule has 0 aliphatic rings. The molecule has 2 amide bonds. The van der Waals surface area contributed by atoms with E-state index < -0.39 is 6.04 Å². The Hall–Kier alpha value is -2.57. The number of halogens is 1. The standard InChI is InChI=1S/C20H25N3O3.ClH/c1-4-26-18-11-10-15(20(25)23(2)3)12-17(18)22-19(24)13-16(21)14-8-6-5-7-9-14;/h5-12,16H,4,13,21H2,1-3H3,(H,22,24);1H. The van der Waals surface area contributed by atoms with Crippen molar-refractivity contribution in [2.24, 2.45) is 5.73 Å². The minimum absolute atomic E-state index is 0. The number of anilines is 1. The molecule has 1 atom stereocenters. The second-order valence-electron chi connectivity index (χ2n) is 6.11. The largest absolute Gasteiger partial charge is 0.492 e. The van der Waals surface area contributed by atoms with E-state index in [4.69, 9.17) is 10.5 Å². The topological polar surface area (TPSA) is 84.7 Å². The summed E-state index contributed by atoms with van der Waals surface area (Å²) in [5, 5.41) is 2.82. The number of hydrogen-bond acceptors (Lipinski definition) is 4. The fraction of sp³-hybridized carbons (Fsp3) is 0.300. The zero-order valence-electron chi connectivity index (χ0n) is 15.8. The number of carbonyl (C=O) groups is 2. The third-order valence-corrected chi connectivity index (χ3v) is 3.84. The lowest BCUT2D eigenvalue weighted by Crippen LogP contribution is -2.23. The number of nitrogens with two attached hydrogens (primary N) is 1. The van der Waals surface area contributed by atoms with Crippen molar-refractivity contribution in [1.29, 1.82) is 0 Å². The lowest BCUT2D eigenvalue weighted by atomic mass is 10.0. The van der Waals surface area contributed by atoms with Crippen molar-refractivity contribution < 1.29 is 14.3 Å². The fourth-order valence-corrected chi connectivity index (χ4v) is 2.52. The molecule has 0 heterocycles. The van der Waals surface area contributed by atoms with Crippen molar-refractivity contribution >= 4 is 29.9 Å². The first-order chi connectivity index (χ1) is 12.4. The summed E-state index contributed by atoms with van der Waals surface area (Å²) < 4.78 is 5.55. The van der Waals surface area contributed by atoms with E-state index in [1.54, 1.807) is 32.3 Å². The van der Waals surface area contributed by atoms with Gasteiger partial charge in [-0.1, -0.05) is 30.3 Å². The zero-order valence-corrected chi connectivity index (χ0v) is 16.6. The summed E-state index contributed by atoms with van der Waals surface area (Å²) in [6.07, 6.45) is 0.126. The summed E-state index contributed by atoms with van der Waals surface area (Å²) in [6.45, 7) is 2.31. The summed E-state index contributed by atoms with van der Waals surface area (Å²) in [5.41, 5.74) is 7.94. The van der Waals surface area contributed by atoms with Crippen molar-refractivity contribution in [2.45, 2.75) is 19.4 Å². The summed E-state index contributed by atoms with van der Waals surface area (Å²) in [5.74, 6) is 0.130. The third-order valence-electron chi connectivity index (χ3n) is 3.84. The lowest BCUT2D eigenvalue weighted by molar-refractivity contribution is -0.116. The van der Waals surface area contributed by atoms with Crippen LogP contribution in [0.3, 0.4) is 0 Å². The summed E-state index contributed by atoms with van der Waals surface area (Å²) >= 11 is 0. The van der Waals surface area contributed by atoms with Gasteiger partial charge in [-0.25, -0.2) is 0 Å². The monoisotopic (exact) mass is 391 g/mol. The molecule has 2 rings (SSSR count). The van der Waals surface area contributed by atoms with Crippen LogP contribution in [0.5, 0.6) is 5.75 Å². The van der Waals surface area contributed by atoms with Crippen LogP contribution in [0.1, 0.15) is 35.3 Å². The molecule has 2 aromatic rings.